The van der Waals surface area contributed by atoms with Gasteiger partial charge in [-0.1, -0.05) is 23.4 Å². The van der Waals surface area contributed by atoms with E-state index in [1.165, 1.54) is 0 Å². The second-order valence-corrected chi connectivity index (χ2v) is 7.03. The molecule has 0 saturated carbocycles. The largest absolute Gasteiger partial charge is 0.422 e. The van der Waals surface area contributed by atoms with Gasteiger partial charge in [0, 0.05) is 17.0 Å². The summed E-state index contributed by atoms with van der Waals surface area (Å²) in [5.41, 5.74) is 2.11. The van der Waals surface area contributed by atoms with Crippen molar-refractivity contribution in [3.8, 4) is 22.8 Å². The zero-order valence-electron chi connectivity index (χ0n) is 15.7. The maximum Gasteiger partial charge on any atom is 0.349 e. The fraction of sp³-hybridized carbons (Fsp3) is 0.143. The molecule has 3 aromatic heterocycles. The molecule has 0 aliphatic heterocycles. The lowest BCUT2D eigenvalue weighted by Crippen LogP contribution is -2.18. The standard InChI is InChI=1S/C21H16N4O4/c1-11(2)25-16-8-7-13(10-15(16)22-21(25)27)18-23-19(29-24-18)14-9-12-5-3-4-6-17(12)28-20(14)26/h3-11H,1-2H3,(H,22,27). The Morgan fingerprint density at radius 3 is 2.72 bits per heavy atom. The Morgan fingerprint density at radius 2 is 1.90 bits per heavy atom. The van der Waals surface area contributed by atoms with Crippen molar-refractivity contribution in [2.75, 3.05) is 0 Å². The summed E-state index contributed by atoms with van der Waals surface area (Å²) in [4.78, 5) is 31.7. The van der Waals surface area contributed by atoms with E-state index in [9.17, 15) is 9.59 Å². The van der Waals surface area contributed by atoms with Crippen molar-refractivity contribution in [2.24, 2.45) is 0 Å². The van der Waals surface area contributed by atoms with Crippen LogP contribution in [-0.2, 0) is 0 Å². The number of H-pyrrole nitrogens is 1. The van der Waals surface area contributed by atoms with Gasteiger partial charge < -0.3 is 13.9 Å². The number of para-hydroxylation sites is 1. The van der Waals surface area contributed by atoms with Gasteiger partial charge in [0.05, 0.1) is 11.0 Å². The fourth-order valence-electron chi connectivity index (χ4n) is 3.44. The molecule has 144 valence electrons. The molecule has 8 nitrogen and oxygen atoms in total. The smallest absolute Gasteiger partial charge is 0.349 e. The summed E-state index contributed by atoms with van der Waals surface area (Å²) >= 11 is 0. The third-order valence-corrected chi connectivity index (χ3v) is 4.79. The van der Waals surface area contributed by atoms with Crippen LogP contribution in [0.1, 0.15) is 19.9 Å². The Morgan fingerprint density at radius 1 is 1.07 bits per heavy atom. The molecule has 29 heavy (non-hydrogen) atoms. The van der Waals surface area contributed by atoms with Crippen LogP contribution in [0.15, 0.2) is 67.1 Å². The van der Waals surface area contributed by atoms with Crippen LogP contribution in [0.25, 0.3) is 44.8 Å². The van der Waals surface area contributed by atoms with Crippen molar-refractivity contribution in [3.63, 3.8) is 0 Å². The number of rotatable bonds is 3. The first-order chi connectivity index (χ1) is 14.0. The molecule has 0 amide bonds. The molecule has 5 rings (SSSR count). The van der Waals surface area contributed by atoms with Crippen molar-refractivity contribution in [3.05, 3.63) is 69.4 Å². The summed E-state index contributed by atoms with van der Waals surface area (Å²) in [6.45, 7) is 3.90. The second kappa shape index (κ2) is 6.30. The molecule has 8 heteroatoms. The van der Waals surface area contributed by atoms with Crippen LogP contribution < -0.4 is 11.3 Å². The van der Waals surface area contributed by atoms with E-state index in [4.69, 9.17) is 8.94 Å². The van der Waals surface area contributed by atoms with E-state index in [1.54, 1.807) is 28.8 Å². The van der Waals surface area contributed by atoms with Crippen LogP contribution >= 0.6 is 0 Å². The summed E-state index contributed by atoms with van der Waals surface area (Å²) < 4.78 is 12.3. The van der Waals surface area contributed by atoms with E-state index in [-0.39, 0.29) is 23.2 Å². The monoisotopic (exact) mass is 388 g/mol. The first kappa shape index (κ1) is 17.2. The number of aromatic amines is 1. The number of hydrogen-bond acceptors (Lipinski definition) is 6. The van der Waals surface area contributed by atoms with Crippen LogP contribution in [0.3, 0.4) is 0 Å². The van der Waals surface area contributed by atoms with Gasteiger partial charge in [-0.3, -0.25) is 4.57 Å². The quantitative estimate of drug-likeness (QED) is 0.472. The van der Waals surface area contributed by atoms with Gasteiger partial charge in [0.25, 0.3) is 5.89 Å². The van der Waals surface area contributed by atoms with Gasteiger partial charge in [-0.2, -0.15) is 4.98 Å². The molecule has 0 radical (unpaired) electrons. The summed E-state index contributed by atoms with van der Waals surface area (Å²) in [6, 6.07) is 14.3. The van der Waals surface area contributed by atoms with Crippen LogP contribution in [0.5, 0.6) is 0 Å². The highest BCUT2D eigenvalue weighted by Gasteiger charge is 2.17. The lowest BCUT2D eigenvalue weighted by atomic mass is 10.1. The Kier molecular flexibility index (Phi) is 3.73. The average Bonchev–Trinajstić information content (AvgIpc) is 3.30. The first-order valence-electron chi connectivity index (χ1n) is 9.13. The van der Waals surface area contributed by atoms with Gasteiger partial charge in [0.15, 0.2) is 0 Å². The molecule has 3 heterocycles. The molecule has 0 unspecified atom stereocenters. The minimum atomic E-state index is -0.548. The zero-order valence-corrected chi connectivity index (χ0v) is 15.7. The highest BCUT2D eigenvalue weighted by atomic mass is 16.5. The molecule has 1 N–H and O–H groups in total. The molecule has 2 aromatic carbocycles. The predicted octanol–water partition coefficient (Wildman–Crippen LogP) is 3.73. The SMILES string of the molecule is CC(C)n1c(=O)[nH]c2cc(-c3noc(-c4cc5ccccc5oc4=O)n3)ccc21. The Labute approximate surface area is 163 Å². The Balaban J connectivity index is 1.59. The van der Waals surface area contributed by atoms with Crippen LogP contribution in [0.2, 0.25) is 0 Å². The Bertz CT molecular complexity index is 1490. The first-order valence-corrected chi connectivity index (χ1v) is 9.13. The molecule has 5 aromatic rings. The van der Waals surface area contributed by atoms with Gasteiger partial charge in [0.1, 0.15) is 11.1 Å². The zero-order chi connectivity index (χ0) is 20.1. The molecule has 0 saturated heterocycles. The number of nitrogens with one attached hydrogen (secondary N) is 1. The van der Waals surface area contributed by atoms with Crippen molar-refractivity contribution in [1.82, 2.24) is 19.7 Å². The predicted molar refractivity (Wildman–Crippen MR) is 108 cm³/mol. The summed E-state index contributed by atoms with van der Waals surface area (Å²) in [6.07, 6.45) is 0. The molecular formula is C21H16N4O4. The van der Waals surface area contributed by atoms with E-state index < -0.39 is 5.63 Å². The topological polar surface area (TPSA) is 107 Å². The van der Waals surface area contributed by atoms with Gasteiger partial charge in [-0.05, 0) is 44.2 Å². The van der Waals surface area contributed by atoms with Crippen molar-refractivity contribution in [1.29, 1.82) is 0 Å². The number of benzene rings is 2. The minimum Gasteiger partial charge on any atom is -0.422 e. The number of aromatic nitrogens is 4. The van der Waals surface area contributed by atoms with Gasteiger partial charge in [0.2, 0.25) is 5.82 Å². The summed E-state index contributed by atoms with van der Waals surface area (Å²) in [7, 11) is 0. The lowest BCUT2D eigenvalue weighted by Gasteiger charge is -2.06. The number of nitrogens with zero attached hydrogens (tertiary/aromatic N) is 3. The molecule has 0 spiro atoms. The molecular weight excluding hydrogens is 372 g/mol. The van der Waals surface area contributed by atoms with Crippen molar-refractivity contribution < 1.29 is 8.94 Å². The second-order valence-electron chi connectivity index (χ2n) is 7.03. The number of imidazole rings is 1. The fourth-order valence-corrected chi connectivity index (χ4v) is 3.44. The van der Waals surface area contributed by atoms with Gasteiger partial charge in [-0.15, -0.1) is 0 Å². The number of fused-ring (bicyclic) bond motifs is 2. The lowest BCUT2D eigenvalue weighted by molar-refractivity contribution is 0.429. The third kappa shape index (κ3) is 2.77. The molecule has 0 aliphatic carbocycles. The van der Waals surface area contributed by atoms with E-state index in [1.807, 2.05) is 38.1 Å². The molecule has 0 atom stereocenters. The van der Waals surface area contributed by atoms with Crippen molar-refractivity contribution >= 4 is 22.0 Å². The highest BCUT2D eigenvalue weighted by Crippen LogP contribution is 2.25. The average molecular weight is 388 g/mol. The summed E-state index contributed by atoms with van der Waals surface area (Å²) in [5, 5.41) is 4.75. The van der Waals surface area contributed by atoms with E-state index in [2.05, 4.69) is 15.1 Å². The number of hydrogen-bond donors (Lipinski definition) is 1. The maximum absolute atomic E-state index is 12.3. The highest BCUT2D eigenvalue weighted by molar-refractivity contribution is 5.82. The van der Waals surface area contributed by atoms with Gasteiger partial charge >= 0.3 is 11.3 Å². The van der Waals surface area contributed by atoms with E-state index in [0.717, 1.165) is 10.9 Å². The summed E-state index contributed by atoms with van der Waals surface area (Å²) in [5.74, 6) is 0.389. The van der Waals surface area contributed by atoms with Crippen molar-refractivity contribution in [2.45, 2.75) is 19.9 Å². The minimum absolute atomic E-state index is 0.0333. The van der Waals surface area contributed by atoms with Crippen LogP contribution in [0, 0.1) is 0 Å². The van der Waals surface area contributed by atoms with E-state index >= 15 is 0 Å². The van der Waals surface area contributed by atoms with Crippen LogP contribution in [-0.4, -0.2) is 19.7 Å². The van der Waals surface area contributed by atoms with E-state index in [0.29, 0.717) is 22.5 Å². The van der Waals surface area contributed by atoms with Crippen LogP contribution in [0.4, 0.5) is 0 Å². The normalized spacial score (nSPS) is 11.7. The molecule has 0 fully saturated rings. The van der Waals surface area contributed by atoms with Gasteiger partial charge in [-0.25, -0.2) is 9.59 Å². The molecule has 0 aliphatic rings. The third-order valence-electron chi connectivity index (χ3n) is 4.79. The maximum atomic E-state index is 12.3. The molecule has 0 bridgehead atoms. The Hall–Kier alpha value is -3.94.